The van der Waals surface area contributed by atoms with Crippen LogP contribution in [0.25, 0.3) is 0 Å². The average molecular weight is 456 g/mol. The van der Waals surface area contributed by atoms with E-state index >= 15 is 0 Å². The zero-order valence-corrected chi connectivity index (χ0v) is 19.7. The molecule has 2 fully saturated rings. The highest BCUT2D eigenvalue weighted by molar-refractivity contribution is 5.82. The smallest absolute Gasteiger partial charge is 0.223 e. The molecule has 2 aliphatic rings. The summed E-state index contributed by atoms with van der Waals surface area (Å²) in [6.07, 6.45) is 5.84. The summed E-state index contributed by atoms with van der Waals surface area (Å²) in [5.41, 5.74) is 3.71. The largest absolute Gasteiger partial charge is 0.489 e. The first-order chi connectivity index (χ1) is 16.7. The minimum atomic E-state index is 0.188. The fourth-order valence-electron chi connectivity index (χ4n) is 5.14. The van der Waals surface area contributed by atoms with Gasteiger partial charge in [-0.25, -0.2) is 0 Å². The van der Waals surface area contributed by atoms with Crippen LogP contribution in [0.3, 0.4) is 0 Å². The lowest BCUT2D eigenvalue weighted by Gasteiger charge is -2.33. The molecule has 1 amide bonds. The molecule has 5 nitrogen and oxygen atoms in total. The highest BCUT2D eigenvalue weighted by atomic mass is 16.5. The Labute approximate surface area is 202 Å². The molecule has 1 N–H and O–H groups in total. The van der Waals surface area contributed by atoms with E-state index in [0.29, 0.717) is 13.2 Å². The number of amides is 1. The Morgan fingerprint density at radius 2 is 1.79 bits per heavy atom. The summed E-state index contributed by atoms with van der Waals surface area (Å²) in [4.78, 5) is 19.5. The Hall–Kier alpha value is -3.18. The third-order valence-electron chi connectivity index (χ3n) is 7.32. The zero-order valence-electron chi connectivity index (χ0n) is 19.7. The van der Waals surface area contributed by atoms with Crippen LogP contribution in [0.15, 0.2) is 79.0 Å². The summed E-state index contributed by atoms with van der Waals surface area (Å²) in [7, 11) is 0. The number of likely N-dealkylation sites (tertiary alicyclic amines) is 1. The van der Waals surface area contributed by atoms with Gasteiger partial charge in [0.2, 0.25) is 5.91 Å². The van der Waals surface area contributed by atoms with Crippen LogP contribution in [0.5, 0.6) is 5.75 Å². The van der Waals surface area contributed by atoms with Gasteiger partial charge in [-0.15, -0.1) is 0 Å². The predicted octanol–water partition coefficient (Wildman–Crippen LogP) is 4.62. The zero-order chi connectivity index (χ0) is 23.2. The first kappa shape index (κ1) is 22.6. The fraction of sp³-hybridized carbons (Fsp3) is 0.379. The number of nitrogens with zero attached hydrogens (tertiary/aromatic N) is 2. The van der Waals surface area contributed by atoms with Gasteiger partial charge in [-0.1, -0.05) is 48.5 Å². The van der Waals surface area contributed by atoms with Gasteiger partial charge in [0.15, 0.2) is 0 Å². The molecule has 1 saturated carbocycles. The second kappa shape index (κ2) is 10.4. The molecule has 5 rings (SSSR count). The van der Waals surface area contributed by atoms with Crippen molar-refractivity contribution in [1.29, 1.82) is 0 Å². The van der Waals surface area contributed by atoms with E-state index in [-0.39, 0.29) is 17.2 Å². The SMILES string of the molecule is O=C(NCCc1ccccn1)C1CC12CCN(Cc1cccc(OCc3ccccc3)c1)CC2. The number of hydrogen-bond acceptors (Lipinski definition) is 4. The number of rotatable bonds is 9. The first-order valence-electron chi connectivity index (χ1n) is 12.4. The van der Waals surface area contributed by atoms with Crippen LogP contribution >= 0.6 is 0 Å². The third kappa shape index (κ3) is 5.65. The maximum atomic E-state index is 12.7. The van der Waals surface area contributed by atoms with Gasteiger partial charge < -0.3 is 10.1 Å². The van der Waals surface area contributed by atoms with Crippen molar-refractivity contribution in [3.63, 3.8) is 0 Å². The van der Waals surface area contributed by atoms with Crippen molar-refractivity contribution in [2.75, 3.05) is 19.6 Å². The summed E-state index contributed by atoms with van der Waals surface area (Å²) in [6.45, 7) is 4.28. The molecule has 1 unspecified atom stereocenters. The lowest BCUT2D eigenvalue weighted by Crippen LogP contribution is -2.37. The number of pyridine rings is 1. The van der Waals surface area contributed by atoms with Crippen molar-refractivity contribution in [1.82, 2.24) is 15.2 Å². The fourth-order valence-corrected chi connectivity index (χ4v) is 5.14. The Morgan fingerprint density at radius 1 is 1.00 bits per heavy atom. The summed E-state index contributed by atoms with van der Waals surface area (Å²) < 4.78 is 6.00. The van der Waals surface area contributed by atoms with E-state index in [0.717, 1.165) is 56.8 Å². The van der Waals surface area contributed by atoms with Gasteiger partial charge in [-0.3, -0.25) is 14.7 Å². The molecule has 5 heteroatoms. The number of hydrogen-bond donors (Lipinski definition) is 1. The van der Waals surface area contributed by atoms with Crippen molar-refractivity contribution in [2.45, 2.75) is 38.8 Å². The minimum Gasteiger partial charge on any atom is -0.489 e. The standard InChI is InChI=1S/C29H33N3O2/c33-28(31-16-12-25-10-4-5-15-30-25)27-20-29(27)13-17-32(18-14-29)21-24-9-6-11-26(19-24)34-22-23-7-2-1-3-8-23/h1-11,15,19,27H,12-14,16-18,20-22H2,(H,31,33). The molecule has 34 heavy (non-hydrogen) atoms. The molecule has 0 bridgehead atoms. The van der Waals surface area contributed by atoms with Gasteiger partial charge in [0.05, 0.1) is 0 Å². The maximum absolute atomic E-state index is 12.7. The average Bonchev–Trinajstić information content (AvgIpc) is 3.59. The Balaban J connectivity index is 1.05. The highest BCUT2D eigenvalue weighted by Crippen LogP contribution is 2.59. The molecule has 1 saturated heterocycles. The molecule has 0 radical (unpaired) electrons. The van der Waals surface area contributed by atoms with E-state index in [1.807, 2.05) is 42.5 Å². The lowest BCUT2D eigenvalue weighted by atomic mass is 9.90. The molecular formula is C29H33N3O2. The Kier molecular flexibility index (Phi) is 6.91. The number of aromatic nitrogens is 1. The van der Waals surface area contributed by atoms with E-state index in [1.165, 1.54) is 11.1 Å². The van der Waals surface area contributed by atoms with Gasteiger partial charge >= 0.3 is 0 Å². The summed E-state index contributed by atoms with van der Waals surface area (Å²) >= 11 is 0. The molecule has 176 valence electrons. The van der Waals surface area contributed by atoms with Crippen molar-refractivity contribution >= 4 is 5.91 Å². The Bertz CT molecular complexity index is 1080. The van der Waals surface area contributed by atoms with Crippen LogP contribution in [0.1, 0.15) is 36.1 Å². The van der Waals surface area contributed by atoms with Crippen LogP contribution in [-0.4, -0.2) is 35.4 Å². The van der Waals surface area contributed by atoms with Crippen molar-refractivity contribution in [3.05, 3.63) is 95.8 Å². The number of benzene rings is 2. The number of piperidine rings is 1. The van der Waals surface area contributed by atoms with Crippen molar-refractivity contribution < 1.29 is 9.53 Å². The molecular weight excluding hydrogens is 422 g/mol. The molecule has 2 aromatic carbocycles. The number of ether oxygens (including phenoxy) is 1. The number of carbonyl (C=O) groups excluding carboxylic acids is 1. The van der Waals surface area contributed by atoms with Gasteiger partial charge in [0, 0.05) is 37.3 Å². The van der Waals surface area contributed by atoms with E-state index < -0.39 is 0 Å². The summed E-state index contributed by atoms with van der Waals surface area (Å²) in [5, 5.41) is 3.14. The van der Waals surface area contributed by atoms with Crippen LogP contribution in [0.4, 0.5) is 0 Å². The Morgan fingerprint density at radius 3 is 2.59 bits per heavy atom. The van der Waals surface area contributed by atoms with Crippen molar-refractivity contribution in [3.8, 4) is 5.75 Å². The van der Waals surface area contributed by atoms with Crippen LogP contribution < -0.4 is 10.1 Å². The molecule has 1 aromatic heterocycles. The predicted molar refractivity (Wildman–Crippen MR) is 133 cm³/mol. The topological polar surface area (TPSA) is 54.5 Å². The van der Waals surface area contributed by atoms with E-state index in [2.05, 4.69) is 45.5 Å². The molecule has 1 aliphatic heterocycles. The number of carbonyl (C=O) groups is 1. The summed E-state index contributed by atoms with van der Waals surface area (Å²) in [5.74, 6) is 1.33. The lowest BCUT2D eigenvalue weighted by molar-refractivity contribution is -0.123. The third-order valence-corrected chi connectivity index (χ3v) is 7.32. The van der Waals surface area contributed by atoms with Crippen LogP contribution in [0.2, 0.25) is 0 Å². The highest BCUT2D eigenvalue weighted by Gasteiger charge is 2.58. The van der Waals surface area contributed by atoms with E-state index in [9.17, 15) is 4.79 Å². The number of nitrogens with one attached hydrogen (secondary N) is 1. The molecule has 1 spiro atoms. The molecule has 1 aliphatic carbocycles. The van der Waals surface area contributed by atoms with Gasteiger partial charge in [-0.05, 0) is 73.2 Å². The molecule has 1 atom stereocenters. The normalized spacial score (nSPS) is 19.0. The van der Waals surface area contributed by atoms with E-state index in [1.54, 1.807) is 6.20 Å². The minimum absolute atomic E-state index is 0.188. The maximum Gasteiger partial charge on any atom is 0.223 e. The van der Waals surface area contributed by atoms with Crippen LogP contribution in [0, 0.1) is 11.3 Å². The quantitative estimate of drug-likeness (QED) is 0.512. The molecule has 2 heterocycles. The monoisotopic (exact) mass is 455 g/mol. The first-order valence-corrected chi connectivity index (χ1v) is 12.4. The van der Waals surface area contributed by atoms with Crippen molar-refractivity contribution in [2.24, 2.45) is 11.3 Å². The van der Waals surface area contributed by atoms with Gasteiger partial charge in [-0.2, -0.15) is 0 Å². The van der Waals surface area contributed by atoms with Crippen LogP contribution in [-0.2, 0) is 24.4 Å². The van der Waals surface area contributed by atoms with E-state index in [4.69, 9.17) is 4.74 Å². The summed E-state index contributed by atoms with van der Waals surface area (Å²) in [6, 6.07) is 24.6. The van der Waals surface area contributed by atoms with Gasteiger partial charge in [0.1, 0.15) is 12.4 Å². The second-order valence-corrected chi connectivity index (χ2v) is 9.68. The molecule has 3 aromatic rings. The van der Waals surface area contributed by atoms with Gasteiger partial charge in [0.25, 0.3) is 0 Å². The second-order valence-electron chi connectivity index (χ2n) is 9.68.